The first-order chi connectivity index (χ1) is 7.77. The van der Waals surface area contributed by atoms with E-state index in [-0.39, 0.29) is 11.1 Å². The van der Waals surface area contributed by atoms with Crippen LogP contribution >= 0.6 is 0 Å². The van der Waals surface area contributed by atoms with Gasteiger partial charge in [-0.25, -0.2) is 4.39 Å². The van der Waals surface area contributed by atoms with E-state index in [1.807, 2.05) is 0 Å². The number of halogens is 2. The predicted molar refractivity (Wildman–Crippen MR) is 48.0 cm³/mol. The first-order valence-corrected chi connectivity index (χ1v) is 4.45. The van der Waals surface area contributed by atoms with E-state index in [1.54, 1.807) is 0 Å². The van der Waals surface area contributed by atoms with Crippen molar-refractivity contribution in [1.82, 2.24) is 5.16 Å². The maximum Gasteiger partial charge on any atom is 0.269 e. The third-order valence-electron chi connectivity index (χ3n) is 2.27. The molecular weight excluding hydrogens is 220 g/mol. The van der Waals surface area contributed by atoms with Gasteiger partial charge in [0.2, 0.25) is 11.4 Å². The number of aromatic nitrogens is 1. The second-order valence-electron chi connectivity index (χ2n) is 3.21. The Balaban J connectivity index is 2.20. The smallest absolute Gasteiger partial charge is 0.269 e. The summed E-state index contributed by atoms with van der Waals surface area (Å²) >= 11 is 0. The van der Waals surface area contributed by atoms with Crippen molar-refractivity contribution in [2.45, 2.75) is 6.29 Å². The van der Waals surface area contributed by atoms with Gasteiger partial charge in [-0.15, -0.1) is 0 Å². The summed E-state index contributed by atoms with van der Waals surface area (Å²) in [5.41, 5.74) is -0.245. The molecule has 16 heavy (non-hydrogen) atoms. The van der Waals surface area contributed by atoms with Crippen molar-refractivity contribution in [3.8, 4) is 0 Å². The maximum atomic E-state index is 13.6. The van der Waals surface area contributed by atoms with Crippen molar-refractivity contribution in [2.24, 2.45) is 0 Å². The number of nitrogens with zero attached hydrogens (tertiary/aromatic N) is 1. The van der Waals surface area contributed by atoms with Crippen LogP contribution in [-0.4, -0.2) is 5.16 Å². The van der Waals surface area contributed by atoms with Gasteiger partial charge in [-0.1, -0.05) is 5.16 Å². The lowest BCUT2D eigenvalue weighted by Crippen LogP contribution is -2.03. The summed E-state index contributed by atoms with van der Waals surface area (Å²) < 4.78 is 41.6. The number of benzene rings is 1. The monoisotopic (exact) mass is 225 g/mol. The molecule has 0 amide bonds. The zero-order valence-corrected chi connectivity index (χ0v) is 7.81. The number of hydrogen-bond acceptors (Lipinski definition) is 4. The Hall–Kier alpha value is -2.11. The molecule has 0 N–H and O–H groups in total. The molecule has 3 rings (SSSR count). The summed E-state index contributed by atoms with van der Waals surface area (Å²) in [7, 11) is 0. The molecule has 82 valence electrons. The first-order valence-electron chi connectivity index (χ1n) is 4.45. The predicted octanol–water partition coefficient (Wildman–Crippen LogP) is 2.62. The second-order valence-corrected chi connectivity index (χ2v) is 3.21. The highest BCUT2D eigenvalue weighted by Gasteiger charge is 2.25. The minimum atomic E-state index is -1.09. The van der Waals surface area contributed by atoms with Crippen LogP contribution in [0.2, 0.25) is 0 Å². The van der Waals surface area contributed by atoms with Gasteiger partial charge in [0.1, 0.15) is 12.5 Å². The Kier molecular flexibility index (Phi) is 1.82. The third kappa shape index (κ3) is 1.16. The van der Waals surface area contributed by atoms with E-state index < -0.39 is 17.9 Å². The van der Waals surface area contributed by atoms with Gasteiger partial charge in [0.25, 0.3) is 6.29 Å². The largest absolute Gasteiger partial charge is 0.455 e. The highest BCUT2D eigenvalue weighted by Crippen LogP contribution is 2.31. The van der Waals surface area contributed by atoms with Crippen molar-refractivity contribution in [2.75, 3.05) is 0 Å². The molecule has 2 heterocycles. The van der Waals surface area contributed by atoms with E-state index in [4.69, 9.17) is 9.47 Å². The Bertz CT molecular complexity index is 571. The molecule has 0 saturated heterocycles. The van der Waals surface area contributed by atoms with Crippen LogP contribution in [-0.2, 0) is 9.47 Å². The van der Waals surface area contributed by atoms with Crippen LogP contribution in [0.4, 0.5) is 8.78 Å². The fourth-order valence-corrected chi connectivity index (χ4v) is 1.53. The molecule has 0 radical (unpaired) electrons. The van der Waals surface area contributed by atoms with Gasteiger partial charge >= 0.3 is 0 Å². The second kappa shape index (κ2) is 3.19. The molecule has 2 aromatic rings. The molecule has 1 aromatic heterocycles. The summed E-state index contributed by atoms with van der Waals surface area (Å²) in [5, 5.41) is 3.75. The van der Waals surface area contributed by atoms with Crippen LogP contribution < -0.4 is 0 Å². The lowest BCUT2D eigenvalue weighted by atomic mass is 10.1. The molecule has 0 aliphatic carbocycles. The van der Waals surface area contributed by atoms with Crippen LogP contribution in [0.3, 0.4) is 0 Å². The van der Waals surface area contributed by atoms with Gasteiger partial charge in [-0.3, -0.25) is 0 Å². The summed E-state index contributed by atoms with van der Waals surface area (Å²) in [6.07, 6.45) is 2.86. The van der Waals surface area contributed by atoms with Gasteiger partial charge in [0.05, 0.1) is 11.8 Å². The fraction of sp³-hybridized carbons (Fsp3) is 0.100. The summed E-state index contributed by atoms with van der Waals surface area (Å²) in [6, 6.07) is 1.38. The molecule has 0 atom stereocenters. The van der Waals surface area contributed by atoms with Gasteiger partial charge in [-0.2, -0.15) is 4.39 Å². The van der Waals surface area contributed by atoms with Gasteiger partial charge in [0.15, 0.2) is 5.82 Å². The van der Waals surface area contributed by atoms with E-state index in [0.717, 1.165) is 0 Å². The fourth-order valence-electron chi connectivity index (χ4n) is 1.53. The van der Waals surface area contributed by atoms with Crippen molar-refractivity contribution in [3.63, 3.8) is 0 Å². The van der Waals surface area contributed by atoms with Crippen LogP contribution in [0.15, 0.2) is 29.3 Å². The van der Waals surface area contributed by atoms with E-state index in [2.05, 4.69) is 9.68 Å². The average Bonchev–Trinajstić information content (AvgIpc) is 2.92. The molecule has 0 spiro atoms. The number of rotatable bonds is 1. The third-order valence-corrected chi connectivity index (χ3v) is 2.27. The van der Waals surface area contributed by atoms with Gasteiger partial charge in [-0.05, 0) is 6.07 Å². The molecule has 4 nitrogen and oxygen atoms in total. The Morgan fingerprint density at radius 1 is 1.12 bits per heavy atom. The number of hydrogen-bond donors (Lipinski definition) is 0. The Labute approximate surface area is 88.0 Å². The average molecular weight is 225 g/mol. The minimum Gasteiger partial charge on any atom is -0.455 e. The molecule has 6 heteroatoms. The molecular formula is C10H5F2NO3. The highest BCUT2D eigenvalue weighted by atomic mass is 19.2. The molecule has 1 aliphatic rings. The topological polar surface area (TPSA) is 44.5 Å². The molecule has 0 fully saturated rings. The summed E-state index contributed by atoms with van der Waals surface area (Å²) in [5.74, 6) is -2.15. The molecule has 0 unspecified atom stereocenters. The van der Waals surface area contributed by atoms with Crippen molar-refractivity contribution >= 4 is 11.0 Å². The van der Waals surface area contributed by atoms with Gasteiger partial charge < -0.3 is 14.0 Å². The maximum absolute atomic E-state index is 13.6. The molecule has 1 aliphatic heterocycles. The highest BCUT2D eigenvalue weighted by molar-refractivity contribution is 5.77. The van der Waals surface area contributed by atoms with Crippen molar-refractivity contribution < 1.29 is 22.8 Å². The summed E-state index contributed by atoms with van der Waals surface area (Å²) in [4.78, 5) is 0. The quantitative estimate of drug-likeness (QED) is 0.748. The molecule has 0 bridgehead atoms. The van der Waals surface area contributed by atoms with Crippen LogP contribution in [0.1, 0.15) is 11.9 Å². The van der Waals surface area contributed by atoms with E-state index in [0.29, 0.717) is 5.39 Å². The minimum absolute atomic E-state index is 0.0294. The standard InChI is InChI=1S/C10H5F2NO3/c11-7-6(10-14-1-2-15-10)3-5-4-13-16-9(5)8(7)12/h1-4,10H. The van der Waals surface area contributed by atoms with Crippen LogP contribution in [0.5, 0.6) is 0 Å². The number of ether oxygens (including phenoxy) is 2. The van der Waals surface area contributed by atoms with Crippen molar-refractivity contribution in [1.29, 1.82) is 0 Å². The molecule has 0 saturated carbocycles. The van der Waals surface area contributed by atoms with E-state index in [9.17, 15) is 8.78 Å². The number of fused-ring (bicyclic) bond motifs is 1. The zero-order chi connectivity index (χ0) is 11.1. The van der Waals surface area contributed by atoms with E-state index >= 15 is 0 Å². The lowest BCUT2D eigenvalue weighted by Gasteiger charge is -2.11. The van der Waals surface area contributed by atoms with Gasteiger partial charge in [0, 0.05) is 5.39 Å². The van der Waals surface area contributed by atoms with Crippen LogP contribution in [0.25, 0.3) is 11.0 Å². The van der Waals surface area contributed by atoms with Crippen molar-refractivity contribution in [3.05, 3.63) is 42.0 Å². The molecule has 1 aromatic carbocycles. The Morgan fingerprint density at radius 2 is 1.88 bits per heavy atom. The lowest BCUT2D eigenvalue weighted by molar-refractivity contribution is -0.0274. The first kappa shape index (κ1) is 9.14. The normalized spacial score (nSPS) is 15.4. The zero-order valence-electron chi connectivity index (χ0n) is 7.81. The SMILES string of the molecule is Fc1c(C2OC=CO2)cc2cnoc2c1F. The van der Waals surface area contributed by atoms with Crippen LogP contribution in [0, 0.1) is 11.6 Å². The van der Waals surface area contributed by atoms with E-state index in [1.165, 1.54) is 24.8 Å². The summed E-state index contributed by atoms with van der Waals surface area (Å²) in [6.45, 7) is 0. The Morgan fingerprint density at radius 3 is 2.62 bits per heavy atom.